The van der Waals surface area contributed by atoms with E-state index >= 15 is 0 Å². The van der Waals surface area contributed by atoms with Crippen LogP contribution in [-0.4, -0.2) is 11.5 Å². The zero-order valence-corrected chi connectivity index (χ0v) is 10.5. The number of fused-ring (bicyclic) bond motifs is 1. The molecule has 3 nitrogen and oxygen atoms in total. The van der Waals surface area contributed by atoms with E-state index in [4.69, 9.17) is 0 Å². The van der Waals surface area contributed by atoms with Crippen LogP contribution in [0.25, 0.3) is 0 Å². The minimum Gasteiger partial charge on any atom is -0.385 e. The van der Waals surface area contributed by atoms with Crippen LogP contribution < -0.4 is 10.6 Å². The number of benzene rings is 1. The zero-order valence-electron chi connectivity index (χ0n) is 10.5. The van der Waals surface area contributed by atoms with Gasteiger partial charge in [-0.15, -0.1) is 0 Å². The molecule has 0 radical (unpaired) electrons. The Morgan fingerprint density at radius 3 is 3.11 bits per heavy atom. The Morgan fingerprint density at radius 1 is 1.28 bits per heavy atom. The first-order valence-electron chi connectivity index (χ1n) is 6.37. The Bertz CT molecular complexity index is 563. The molecule has 0 bridgehead atoms. The highest BCUT2D eigenvalue weighted by Crippen LogP contribution is 2.27. The van der Waals surface area contributed by atoms with Gasteiger partial charge in [0.15, 0.2) is 0 Å². The Kier molecular flexibility index (Phi) is 2.89. The first kappa shape index (κ1) is 11.1. The molecule has 0 atom stereocenters. The second-order valence-corrected chi connectivity index (χ2v) is 4.72. The lowest BCUT2D eigenvalue weighted by molar-refractivity contribution is 0.830. The summed E-state index contributed by atoms with van der Waals surface area (Å²) < 4.78 is 0. The normalized spacial score (nSPS) is 13.6. The van der Waals surface area contributed by atoms with Crippen molar-refractivity contribution in [1.82, 2.24) is 4.98 Å². The molecule has 0 saturated carbocycles. The molecular formula is C15H17N3. The number of anilines is 3. The zero-order chi connectivity index (χ0) is 12.4. The molecule has 0 amide bonds. The number of pyridine rings is 1. The highest BCUT2D eigenvalue weighted by molar-refractivity contribution is 5.67. The van der Waals surface area contributed by atoms with Gasteiger partial charge >= 0.3 is 0 Å². The van der Waals surface area contributed by atoms with Crippen LogP contribution in [0.2, 0.25) is 0 Å². The molecule has 0 spiro atoms. The highest BCUT2D eigenvalue weighted by atomic mass is 14.9. The van der Waals surface area contributed by atoms with Gasteiger partial charge in [-0.25, -0.2) is 0 Å². The van der Waals surface area contributed by atoms with E-state index < -0.39 is 0 Å². The standard InChI is InChI=1S/C15H17N3/c1-11-10-16-8-6-14(11)18-13-4-5-15-12(9-13)3-2-7-17-15/h4-6,8-10,17H,2-3,7H2,1H3,(H,16,18). The molecule has 2 N–H and O–H groups in total. The molecule has 1 aromatic heterocycles. The molecule has 18 heavy (non-hydrogen) atoms. The monoisotopic (exact) mass is 239 g/mol. The van der Waals surface area contributed by atoms with E-state index in [1.165, 1.54) is 17.7 Å². The number of hydrogen-bond donors (Lipinski definition) is 2. The summed E-state index contributed by atoms with van der Waals surface area (Å²) >= 11 is 0. The van der Waals surface area contributed by atoms with Crippen molar-refractivity contribution < 1.29 is 0 Å². The Hall–Kier alpha value is -2.03. The third-order valence-electron chi connectivity index (χ3n) is 3.34. The summed E-state index contributed by atoms with van der Waals surface area (Å²) in [5.74, 6) is 0. The molecule has 1 aromatic carbocycles. The van der Waals surface area contributed by atoms with Crippen LogP contribution in [-0.2, 0) is 6.42 Å². The number of rotatable bonds is 2. The average molecular weight is 239 g/mol. The second-order valence-electron chi connectivity index (χ2n) is 4.72. The van der Waals surface area contributed by atoms with Crippen LogP contribution in [0.3, 0.4) is 0 Å². The van der Waals surface area contributed by atoms with Gasteiger partial charge < -0.3 is 10.6 Å². The van der Waals surface area contributed by atoms with Crippen molar-refractivity contribution in [3.63, 3.8) is 0 Å². The van der Waals surface area contributed by atoms with Gasteiger partial charge in [-0.3, -0.25) is 4.98 Å². The third-order valence-corrected chi connectivity index (χ3v) is 3.34. The molecule has 3 heteroatoms. The van der Waals surface area contributed by atoms with Gasteiger partial charge in [0.1, 0.15) is 0 Å². The molecule has 0 aliphatic carbocycles. The van der Waals surface area contributed by atoms with Gasteiger partial charge in [-0.05, 0) is 55.2 Å². The van der Waals surface area contributed by atoms with E-state index in [2.05, 4.69) is 40.7 Å². The predicted octanol–water partition coefficient (Wildman–Crippen LogP) is 3.49. The lowest BCUT2D eigenvalue weighted by atomic mass is 10.0. The van der Waals surface area contributed by atoms with E-state index in [-0.39, 0.29) is 0 Å². The van der Waals surface area contributed by atoms with E-state index in [9.17, 15) is 0 Å². The smallest absolute Gasteiger partial charge is 0.0444 e. The van der Waals surface area contributed by atoms with Crippen LogP contribution in [0.5, 0.6) is 0 Å². The SMILES string of the molecule is Cc1cnccc1Nc1ccc2c(c1)CCCN2. The van der Waals surface area contributed by atoms with Crippen LogP contribution >= 0.6 is 0 Å². The van der Waals surface area contributed by atoms with Gasteiger partial charge in [0, 0.05) is 36.0 Å². The van der Waals surface area contributed by atoms with Crippen LogP contribution in [0.4, 0.5) is 17.1 Å². The van der Waals surface area contributed by atoms with Gasteiger partial charge in [-0.1, -0.05) is 0 Å². The molecule has 1 aliphatic rings. The largest absolute Gasteiger partial charge is 0.385 e. The summed E-state index contributed by atoms with van der Waals surface area (Å²) in [5, 5.41) is 6.88. The van der Waals surface area contributed by atoms with Gasteiger partial charge in [0.05, 0.1) is 0 Å². The molecular weight excluding hydrogens is 222 g/mol. The molecule has 0 saturated heterocycles. The molecule has 2 aromatic rings. The average Bonchev–Trinajstić information content (AvgIpc) is 2.41. The maximum absolute atomic E-state index is 4.11. The van der Waals surface area contributed by atoms with E-state index in [0.717, 1.165) is 29.9 Å². The topological polar surface area (TPSA) is 37.0 Å². The van der Waals surface area contributed by atoms with Crippen molar-refractivity contribution in [1.29, 1.82) is 0 Å². The number of hydrogen-bond acceptors (Lipinski definition) is 3. The van der Waals surface area contributed by atoms with Crippen molar-refractivity contribution >= 4 is 17.1 Å². The van der Waals surface area contributed by atoms with Crippen molar-refractivity contribution in [2.75, 3.05) is 17.2 Å². The second kappa shape index (κ2) is 4.69. The van der Waals surface area contributed by atoms with Crippen molar-refractivity contribution in [2.45, 2.75) is 19.8 Å². The molecule has 3 rings (SSSR count). The maximum Gasteiger partial charge on any atom is 0.0444 e. The van der Waals surface area contributed by atoms with Crippen molar-refractivity contribution in [3.8, 4) is 0 Å². The Morgan fingerprint density at radius 2 is 2.22 bits per heavy atom. The van der Waals surface area contributed by atoms with Gasteiger partial charge in [0.2, 0.25) is 0 Å². The quantitative estimate of drug-likeness (QED) is 0.842. The van der Waals surface area contributed by atoms with Crippen molar-refractivity contribution in [3.05, 3.63) is 47.8 Å². The number of nitrogens with one attached hydrogen (secondary N) is 2. The fourth-order valence-corrected chi connectivity index (χ4v) is 2.32. The summed E-state index contributed by atoms with van der Waals surface area (Å²) in [5.41, 5.74) is 6.10. The first-order chi connectivity index (χ1) is 8.83. The Labute approximate surface area is 107 Å². The van der Waals surface area contributed by atoms with E-state index in [1.807, 2.05) is 18.5 Å². The molecule has 0 unspecified atom stereocenters. The lowest BCUT2D eigenvalue weighted by Crippen LogP contribution is -2.11. The van der Waals surface area contributed by atoms with Crippen LogP contribution in [0.15, 0.2) is 36.7 Å². The maximum atomic E-state index is 4.11. The summed E-state index contributed by atoms with van der Waals surface area (Å²) in [6.45, 7) is 3.15. The van der Waals surface area contributed by atoms with Crippen LogP contribution in [0.1, 0.15) is 17.5 Å². The number of aromatic nitrogens is 1. The van der Waals surface area contributed by atoms with Crippen molar-refractivity contribution in [2.24, 2.45) is 0 Å². The fourth-order valence-electron chi connectivity index (χ4n) is 2.32. The first-order valence-corrected chi connectivity index (χ1v) is 6.37. The number of aryl methyl sites for hydroxylation is 2. The molecule has 1 aliphatic heterocycles. The Balaban J connectivity index is 1.87. The molecule has 2 heterocycles. The highest BCUT2D eigenvalue weighted by Gasteiger charge is 2.09. The van der Waals surface area contributed by atoms with E-state index in [0.29, 0.717) is 0 Å². The lowest BCUT2D eigenvalue weighted by Gasteiger charge is -2.19. The minimum atomic E-state index is 1.09. The summed E-state index contributed by atoms with van der Waals surface area (Å²) in [6, 6.07) is 8.53. The van der Waals surface area contributed by atoms with Gasteiger partial charge in [0.25, 0.3) is 0 Å². The van der Waals surface area contributed by atoms with Crippen LogP contribution in [0, 0.1) is 6.92 Å². The fraction of sp³-hybridized carbons (Fsp3) is 0.267. The molecule has 0 fully saturated rings. The van der Waals surface area contributed by atoms with Gasteiger partial charge in [-0.2, -0.15) is 0 Å². The summed E-state index contributed by atoms with van der Waals surface area (Å²) in [6.07, 6.45) is 6.06. The third kappa shape index (κ3) is 2.16. The summed E-state index contributed by atoms with van der Waals surface area (Å²) in [7, 11) is 0. The predicted molar refractivity (Wildman–Crippen MR) is 75.5 cm³/mol. The van der Waals surface area contributed by atoms with E-state index in [1.54, 1.807) is 0 Å². The minimum absolute atomic E-state index is 1.09. The number of nitrogens with zero attached hydrogens (tertiary/aromatic N) is 1. The molecule has 92 valence electrons. The summed E-state index contributed by atoms with van der Waals surface area (Å²) in [4.78, 5) is 4.11.